The molecule has 116 valence electrons. The average molecular weight is 280 g/mol. The van der Waals surface area contributed by atoms with Gasteiger partial charge in [-0.25, -0.2) is 0 Å². The lowest BCUT2D eigenvalue weighted by atomic mass is 9.75. The number of carbonyl (C=O) groups excluding carboxylic acids is 1. The van der Waals surface area contributed by atoms with Crippen LogP contribution in [-0.2, 0) is 4.79 Å². The Morgan fingerprint density at radius 1 is 1.05 bits per heavy atom. The van der Waals surface area contributed by atoms with Crippen LogP contribution in [0.1, 0.15) is 78.6 Å². The molecule has 2 rings (SSSR count). The fourth-order valence-corrected chi connectivity index (χ4v) is 3.84. The van der Waals surface area contributed by atoms with Crippen LogP contribution in [0.25, 0.3) is 0 Å². The molecule has 0 radical (unpaired) electrons. The van der Waals surface area contributed by atoms with E-state index in [2.05, 4.69) is 24.5 Å². The molecule has 2 saturated carbocycles. The summed E-state index contributed by atoms with van der Waals surface area (Å²) in [5.41, 5.74) is 0.426. The summed E-state index contributed by atoms with van der Waals surface area (Å²) >= 11 is 0. The van der Waals surface area contributed by atoms with Crippen molar-refractivity contribution in [3.8, 4) is 0 Å². The summed E-state index contributed by atoms with van der Waals surface area (Å²) in [4.78, 5) is 12.3. The van der Waals surface area contributed by atoms with Crippen molar-refractivity contribution in [2.24, 2.45) is 5.41 Å². The van der Waals surface area contributed by atoms with Gasteiger partial charge in [0.25, 0.3) is 0 Å². The van der Waals surface area contributed by atoms with E-state index < -0.39 is 0 Å². The van der Waals surface area contributed by atoms with Gasteiger partial charge in [0.15, 0.2) is 0 Å². The number of rotatable bonds is 4. The molecule has 0 aromatic carbocycles. The summed E-state index contributed by atoms with van der Waals surface area (Å²) in [7, 11) is 0. The van der Waals surface area contributed by atoms with E-state index in [1.165, 1.54) is 44.9 Å². The molecule has 2 atom stereocenters. The van der Waals surface area contributed by atoms with Crippen molar-refractivity contribution < 1.29 is 4.79 Å². The second-order valence-electron chi connectivity index (χ2n) is 7.69. The molecule has 2 fully saturated rings. The van der Waals surface area contributed by atoms with E-state index in [9.17, 15) is 4.79 Å². The molecule has 0 bridgehead atoms. The van der Waals surface area contributed by atoms with Gasteiger partial charge in [0.2, 0.25) is 5.91 Å². The summed E-state index contributed by atoms with van der Waals surface area (Å²) in [6, 6.07) is 0.866. The van der Waals surface area contributed by atoms with E-state index in [4.69, 9.17) is 0 Å². The van der Waals surface area contributed by atoms with Gasteiger partial charge in [-0.2, -0.15) is 0 Å². The van der Waals surface area contributed by atoms with Crippen LogP contribution < -0.4 is 10.6 Å². The third kappa shape index (κ3) is 4.76. The summed E-state index contributed by atoms with van der Waals surface area (Å²) in [5.74, 6) is 0.195. The van der Waals surface area contributed by atoms with Crippen molar-refractivity contribution in [1.82, 2.24) is 10.6 Å². The van der Waals surface area contributed by atoms with Crippen LogP contribution in [0.15, 0.2) is 0 Å². The van der Waals surface area contributed by atoms with Gasteiger partial charge in [-0.15, -0.1) is 0 Å². The molecule has 20 heavy (non-hydrogen) atoms. The quantitative estimate of drug-likeness (QED) is 0.829. The summed E-state index contributed by atoms with van der Waals surface area (Å²) in [6.45, 7) is 6.70. The van der Waals surface area contributed by atoms with Crippen molar-refractivity contribution in [3.05, 3.63) is 0 Å². The first-order valence-corrected chi connectivity index (χ1v) is 8.53. The van der Waals surface area contributed by atoms with Gasteiger partial charge in [-0.1, -0.05) is 39.5 Å². The largest absolute Gasteiger partial charge is 0.352 e. The number of nitrogens with one attached hydrogen (secondary N) is 2. The summed E-state index contributed by atoms with van der Waals surface area (Å²) < 4.78 is 0. The minimum atomic E-state index is -0.0594. The van der Waals surface area contributed by atoms with Crippen LogP contribution in [-0.4, -0.2) is 24.0 Å². The Labute approximate surface area is 124 Å². The predicted octanol–water partition coefficient (Wildman–Crippen LogP) is 3.38. The van der Waals surface area contributed by atoms with E-state index in [0.29, 0.717) is 17.5 Å². The van der Waals surface area contributed by atoms with Gasteiger partial charge in [0.05, 0.1) is 6.04 Å². The summed E-state index contributed by atoms with van der Waals surface area (Å²) in [6.07, 6.45) is 11.2. The lowest BCUT2D eigenvalue weighted by Crippen LogP contribution is -2.51. The Kier molecular flexibility index (Phi) is 5.48. The topological polar surface area (TPSA) is 41.1 Å². The second kappa shape index (κ2) is 6.93. The maximum Gasteiger partial charge on any atom is 0.237 e. The van der Waals surface area contributed by atoms with Gasteiger partial charge in [0.1, 0.15) is 0 Å². The van der Waals surface area contributed by atoms with E-state index >= 15 is 0 Å². The molecule has 2 aliphatic carbocycles. The molecular formula is C17H32N2O. The molecular weight excluding hydrogens is 248 g/mol. The van der Waals surface area contributed by atoms with Gasteiger partial charge < -0.3 is 10.6 Å². The van der Waals surface area contributed by atoms with E-state index in [1.54, 1.807) is 0 Å². The maximum atomic E-state index is 12.3. The molecule has 2 N–H and O–H groups in total. The maximum absolute atomic E-state index is 12.3. The normalized spacial score (nSPS) is 28.9. The molecule has 3 heteroatoms. The first-order chi connectivity index (χ1) is 9.46. The second-order valence-corrected chi connectivity index (χ2v) is 7.69. The fourth-order valence-electron chi connectivity index (χ4n) is 3.84. The van der Waals surface area contributed by atoms with Crippen LogP contribution in [0.5, 0.6) is 0 Å². The van der Waals surface area contributed by atoms with Crippen molar-refractivity contribution in [2.45, 2.75) is 96.7 Å². The molecule has 0 heterocycles. The van der Waals surface area contributed by atoms with Crippen molar-refractivity contribution in [1.29, 1.82) is 0 Å². The van der Waals surface area contributed by atoms with E-state index in [-0.39, 0.29) is 11.9 Å². The number of amides is 1. The van der Waals surface area contributed by atoms with Gasteiger partial charge in [0, 0.05) is 12.1 Å². The zero-order valence-corrected chi connectivity index (χ0v) is 13.5. The van der Waals surface area contributed by atoms with Crippen LogP contribution >= 0.6 is 0 Å². The van der Waals surface area contributed by atoms with Gasteiger partial charge in [-0.3, -0.25) is 4.79 Å². The van der Waals surface area contributed by atoms with Crippen LogP contribution in [0.3, 0.4) is 0 Å². The Morgan fingerprint density at radius 2 is 1.70 bits per heavy atom. The third-order valence-electron chi connectivity index (χ3n) is 5.04. The minimum Gasteiger partial charge on any atom is -0.352 e. The molecule has 2 unspecified atom stereocenters. The molecule has 2 aliphatic rings. The van der Waals surface area contributed by atoms with Crippen molar-refractivity contribution >= 4 is 5.91 Å². The highest BCUT2D eigenvalue weighted by Gasteiger charge is 2.30. The zero-order valence-electron chi connectivity index (χ0n) is 13.5. The standard InChI is InChI=1S/C17H32N2O/c1-13(16(20)19-14-8-5-4-6-9-14)18-15-10-7-11-17(2,3)12-15/h13-15,18H,4-12H2,1-3H3,(H,19,20). The minimum absolute atomic E-state index is 0.0594. The molecule has 3 nitrogen and oxygen atoms in total. The van der Waals surface area contributed by atoms with Crippen molar-refractivity contribution in [2.75, 3.05) is 0 Å². The Morgan fingerprint density at radius 3 is 2.35 bits per heavy atom. The molecule has 1 amide bonds. The fraction of sp³-hybridized carbons (Fsp3) is 0.941. The SMILES string of the molecule is CC(NC1CCCC(C)(C)C1)C(=O)NC1CCCCC1. The van der Waals surface area contributed by atoms with Crippen LogP contribution in [0, 0.1) is 5.41 Å². The van der Waals surface area contributed by atoms with Gasteiger partial charge in [-0.05, 0) is 44.4 Å². The lowest BCUT2D eigenvalue weighted by Gasteiger charge is -2.37. The van der Waals surface area contributed by atoms with Crippen LogP contribution in [0.2, 0.25) is 0 Å². The van der Waals surface area contributed by atoms with E-state index in [0.717, 1.165) is 12.8 Å². The molecule has 0 aliphatic heterocycles. The monoisotopic (exact) mass is 280 g/mol. The molecule has 0 aromatic rings. The number of hydrogen-bond acceptors (Lipinski definition) is 2. The molecule has 0 aromatic heterocycles. The van der Waals surface area contributed by atoms with Gasteiger partial charge >= 0.3 is 0 Å². The highest BCUT2D eigenvalue weighted by atomic mass is 16.2. The molecule has 0 spiro atoms. The van der Waals surface area contributed by atoms with Crippen molar-refractivity contribution in [3.63, 3.8) is 0 Å². The van der Waals surface area contributed by atoms with E-state index in [1.807, 2.05) is 6.92 Å². The lowest BCUT2D eigenvalue weighted by molar-refractivity contribution is -0.124. The molecule has 0 saturated heterocycles. The third-order valence-corrected chi connectivity index (χ3v) is 5.04. The highest BCUT2D eigenvalue weighted by molar-refractivity contribution is 5.81. The Hall–Kier alpha value is -0.570. The highest BCUT2D eigenvalue weighted by Crippen LogP contribution is 2.35. The average Bonchev–Trinajstić information content (AvgIpc) is 2.38. The summed E-state index contributed by atoms with van der Waals surface area (Å²) in [5, 5.41) is 6.78. The Balaban J connectivity index is 1.75. The number of hydrogen-bond donors (Lipinski definition) is 2. The number of carbonyl (C=O) groups is 1. The van der Waals surface area contributed by atoms with Crippen LogP contribution in [0.4, 0.5) is 0 Å². The zero-order chi connectivity index (χ0) is 14.6. The predicted molar refractivity (Wildman–Crippen MR) is 83.7 cm³/mol. The smallest absolute Gasteiger partial charge is 0.237 e. The first-order valence-electron chi connectivity index (χ1n) is 8.53. The first kappa shape index (κ1) is 15.8. The Bertz CT molecular complexity index is 321.